The molecule has 5 heteroatoms. The first-order valence-electron chi connectivity index (χ1n) is 14.1. The number of Topliss-reactive ketones (excluding diaryl/α,β-unsaturated/α-hetero) is 1. The Morgan fingerprint density at radius 2 is 1.76 bits per heavy atom. The number of carbonyl (C=O) groups is 1. The molecule has 200 valence electrons. The zero-order chi connectivity index (χ0) is 25.1. The molecule has 0 saturated heterocycles. The van der Waals surface area contributed by atoms with Crippen LogP contribution < -0.4 is 5.73 Å². The van der Waals surface area contributed by atoms with Gasteiger partial charge in [0.25, 0.3) is 0 Å². The molecular formula is C32H43ClN2O2. The average molecular weight is 523 g/mol. The molecule has 1 heterocycles. The Morgan fingerprint density at radius 1 is 1.00 bits per heavy atom. The number of ketones is 1. The van der Waals surface area contributed by atoms with E-state index in [1.807, 2.05) is 6.07 Å². The number of fused-ring (bicyclic) bond motifs is 1. The van der Waals surface area contributed by atoms with Crippen molar-refractivity contribution in [3.63, 3.8) is 0 Å². The number of carbonyl (C=O) groups excluding carboxylic acids is 1. The summed E-state index contributed by atoms with van der Waals surface area (Å²) >= 11 is 0. The standard InChI is InChI=1S/C32H42N2O2.ClH/c1-22-6-5-9-25(16-22)29(19-28(36)17-23-10-12-26(33)13-11-23)31-21-34(20-24-7-3-2-4-8-24)32-15-14-27(35)18-30(31)32;/h5-6,9,14-16,18,21,23-24,26,29,35H,2-4,7-8,10-13,17,19-20,33H2,1H3;1H. The maximum Gasteiger partial charge on any atom is 0.134 e. The number of phenolic OH excluding ortho intramolecular Hbond substituents is 1. The van der Waals surface area contributed by atoms with E-state index in [0.29, 0.717) is 36.5 Å². The largest absolute Gasteiger partial charge is 0.508 e. The molecule has 3 N–H and O–H groups in total. The second kappa shape index (κ2) is 12.5. The smallest absolute Gasteiger partial charge is 0.134 e. The van der Waals surface area contributed by atoms with Gasteiger partial charge in [-0.1, -0.05) is 49.1 Å². The summed E-state index contributed by atoms with van der Waals surface area (Å²) in [4.78, 5) is 13.5. The van der Waals surface area contributed by atoms with Gasteiger partial charge in [-0.15, -0.1) is 12.4 Å². The number of nitrogens with zero attached hydrogens (tertiary/aromatic N) is 1. The Kier molecular flexibility index (Phi) is 9.36. The number of aryl methyl sites for hydroxylation is 1. The van der Waals surface area contributed by atoms with E-state index in [4.69, 9.17) is 5.73 Å². The van der Waals surface area contributed by atoms with Gasteiger partial charge in [0.2, 0.25) is 0 Å². The van der Waals surface area contributed by atoms with E-state index in [-0.39, 0.29) is 24.1 Å². The van der Waals surface area contributed by atoms with Crippen molar-refractivity contribution < 1.29 is 9.90 Å². The number of halogens is 1. The van der Waals surface area contributed by atoms with Gasteiger partial charge in [-0.05, 0) is 86.6 Å². The fourth-order valence-corrected chi connectivity index (χ4v) is 6.71. The zero-order valence-electron chi connectivity index (χ0n) is 22.2. The Balaban J connectivity index is 0.00000320. The molecule has 37 heavy (non-hydrogen) atoms. The minimum atomic E-state index is -0.0137. The van der Waals surface area contributed by atoms with Gasteiger partial charge >= 0.3 is 0 Å². The van der Waals surface area contributed by atoms with Crippen LogP contribution in [0.5, 0.6) is 5.75 Å². The minimum absolute atomic E-state index is 0. The van der Waals surface area contributed by atoms with Gasteiger partial charge in [0.1, 0.15) is 11.5 Å². The highest BCUT2D eigenvalue weighted by Crippen LogP contribution is 2.39. The third-order valence-corrected chi connectivity index (χ3v) is 8.73. The number of nitrogens with two attached hydrogens (primary N) is 1. The van der Waals surface area contributed by atoms with Crippen molar-refractivity contribution in [1.29, 1.82) is 0 Å². The normalized spacial score (nSPS) is 21.5. The highest BCUT2D eigenvalue weighted by atomic mass is 35.5. The summed E-state index contributed by atoms with van der Waals surface area (Å²) in [5, 5.41) is 11.5. The van der Waals surface area contributed by atoms with Crippen LogP contribution in [0.3, 0.4) is 0 Å². The van der Waals surface area contributed by atoms with E-state index in [1.54, 1.807) is 6.07 Å². The molecule has 2 aromatic carbocycles. The van der Waals surface area contributed by atoms with E-state index in [0.717, 1.165) is 37.6 Å². The maximum atomic E-state index is 13.5. The van der Waals surface area contributed by atoms with Gasteiger partial charge in [-0.3, -0.25) is 4.79 Å². The van der Waals surface area contributed by atoms with Crippen LogP contribution in [0.1, 0.15) is 93.2 Å². The summed E-state index contributed by atoms with van der Waals surface area (Å²) in [6.07, 6.45) is 14.2. The Bertz CT molecular complexity index is 1190. The quantitative estimate of drug-likeness (QED) is 0.319. The van der Waals surface area contributed by atoms with Gasteiger partial charge in [0.05, 0.1) is 0 Å². The highest BCUT2D eigenvalue weighted by molar-refractivity contribution is 5.88. The van der Waals surface area contributed by atoms with E-state index in [1.165, 1.54) is 54.3 Å². The van der Waals surface area contributed by atoms with Gasteiger partial charge < -0.3 is 15.4 Å². The van der Waals surface area contributed by atoms with Crippen molar-refractivity contribution in [1.82, 2.24) is 4.57 Å². The lowest BCUT2D eigenvalue weighted by Gasteiger charge is -2.26. The average Bonchev–Trinajstić information content (AvgIpc) is 3.21. The molecule has 1 unspecified atom stereocenters. The first-order valence-corrected chi connectivity index (χ1v) is 14.1. The molecule has 0 aliphatic heterocycles. The van der Waals surface area contributed by atoms with Crippen molar-refractivity contribution in [3.05, 3.63) is 65.4 Å². The van der Waals surface area contributed by atoms with E-state index < -0.39 is 0 Å². The molecule has 0 bridgehead atoms. The molecule has 2 aliphatic carbocycles. The summed E-state index contributed by atoms with van der Waals surface area (Å²) in [5.41, 5.74) is 10.8. The topological polar surface area (TPSA) is 68.2 Å². The first-order chi connectivity index (χ1) is 17.5. The number of phenols is 1. The Hall–Kier alpha value is -2.30. The van der Waals surface area contributed by atoms with Crippen LogP contribution in [0.2, 0.25) is 0 Å². The lowest BCUT2D eigenvalue weighted by Crippen LogP contribution is -2.27. The van der Waals surface area contributed by atoms with Gasteiger partial charge in [0.15, 0.2) is 0 Å². The molecule has 0 spiro atoms. The van der Waals surface area contributed by atoms with Crippen LogP contribution >= 0.6 is 12.4 Å². The summed E-state index contributed by atoms with van der Waals surface area (Å²) in [7, 11) is 0. The van der Waals surface area contributed by atoms with E-state index in [9.17, 15) is 9.90 Å². The van der Waals surface area contributed by atoms with E-state index in [2.05, 4.69) is 48.0 Å². The predicted octanol–water partition coefficient (Wildman–Crippen LogP) is 7.66. The fraction of sp³-hybridized carbons (Fsp3) is 0.531. The lowest BCUT2D eigenvalue weighted by molar-refractivity contribution is -0.120. The zero-order valence-corrected chi connectivity index (χ0v) is 23.0. The molecule has 2 aliphatic rings. The number of benzene rings is 2. The molecule has 0 amide bonds. The Morgan fingerprint density at radius 3 is 2.49 bits per heavy atom. The fourth-order valence-electron chi connectivity index (χ4n) is 6.71. The summed E-state index contributed by atoms with van der Waals surface area (Å²) in [6, 6.07) is 14.7. The molecule has 2 saturated carbocycles. The summed E-state index contributed by atoms with van der Waals surface area (Å²) in [5.74, 6) is 1.78. The second-order valence-electron chi connectivity index (χ2n) is 11.6. The highest BCUT2D eigenvalue weighted by Gasteiger charge is 2.27. The van der Waals surface area contributed by atoms with Gasteiger partial charge in [-0.25, -0.2) is 0 Å². The van der Waals surface area contributed by atoms with Gasteiger partial charge in [-0.2, -0.15) is 0 Å². The molecule has 1 atom stereocenters. The van der Waals surface area contributed by atoms with Crippen molar-refractivity contribution in [3.8, 4) is 5.75 Å². The number of hydrogen-bond donors (Lipinski definition) is 2. The summed E-state index contributed by atoms with van der Waals surface area (Å²) < 4.78 is 2.40. The monoisotopic (exact) mass is 522 g/mol. The predicted molar refractivity (Wildman–Crippen MR) is 155 cm³/mol. The van der Waals surface area contributed by atoms with Crippen molar-refractivity contribution in [2.75, 3.05) is 0 Å². The number of aromatic nitrogens is 1. The molecule has 5 rings (SSSR count). The summed E-state index contributed by atoms with van der Waals surface area (Å²) in [6.45, 7) is 3.13. The van der Waals surface area contributed by atoms with Crippen molar-refractivity contribution in [2.24, 2.45) is 17.6 Å². The number of hydrogen-bond acceptors (Lipinski definition) is 3. The lowest BCUT2D eigenvalue weighted by atomic mass is 9.80. The Labute approximate surface area is 228 Å². The van der Waals surface area contributed by atoms with Gasteiger partial charge in [0, 0.05) is 48.4 Å². The van der Waals surface area contributed by atoms with Crippen LogP contribution in [-0.4, -0.2) is 21.5 Å². The number of rotatable bonds is 8. The van der Waals surface area contributed by atoms with Crippen LogP contribution in [0.15, 0.2) is 48.7 Å². The number of aromatic hydroxyl groups is 1. The first kappa shape index (κ1) is 27.7. The molecule has 4 nitrogen and oxygen atoms in total. The molecule has 3 aromatic rings. The third kappa shape index (κ3) is 6.78. The van der Waals surface area contributed by atoms with E-state index >= 15 is 0 Å². The second-order valence-corrected chi connectivity index (χ2v) is 11.6. The van der Waals surface area contributed by atoms with Crippen LogP contribution in [0.25, 0.3) is 10.9 Å². The molecule has 0 radical (unpaired) electrons. The van der Waals surface area contributed by atoms with Crippen molar-refractivity contribution >= 4 is 29.1 Å². The SMILES string of the molecule is Cc1cccc(C(CC(=O)CC2CCC(N)CC2)c2cn(CC3CCCCC3)c3ccc(O)cc23)c1.Cl. The molecular weight excluding hydrogens is 480 g/mol. The molecule has 2 fully saturated rings. The third-order valence-electron chi connectivity index (χ3n) is 8.73. The maximum absolute atomic E-state index is 13.5. The van der Waals surface area contributed by atoms with Crippen molar-refractivity contribution in [2.45, 2.75) is 96.1 Å². The van der Waals surface area contributed by atoms with Crippen LogP contribution in [0, 0.1) is 18.8 Å². The van der Waals surface area contributed by atoms with Crippen LogP contribution in [0.4, 0.5) is 0 Å². The van der Waals surface area contributed by atoms with Crippen LogP contribution in [-0.2, 0) is 11.3 Å². The molecule has 1 aromatic heterocycles. The minimum Gasteiger partial charge on any atom is -0.508 e.